The Kier molecular flexibility index (Phi) is 6.22. The van der Waals surface area contributed by atoms with Crippen molar-refractivity contribution in [1.82, 2.24) is 14.8 Å². The first-order valence-electron chi connectivity index (χ1n) is 11.3. The minimum absolute atomic E-state index is 0.244. The van der Waals surface area contributed by atoms with E-state index in [1.54, 1.807) is 0 Å². The van der Waals surface area contributed by atoms with E-state index in [1.165, 1.54) is 0 Å². The first-order valence-corrected chi connectivity index (χ1v) is 11.3. The van der Waals surface area contributed by atoms with E-state index < -0.39 is 0 Å². The molecule has 4 rings (SSSR count). The molecular formula is C24H33N3O2. The number of hydrogen-bond donors (Lipinski definition) is 1. The average molecular weight is 396 g/mol. The van der Waals surface area contributed by atoms with Gasteiger partial charge in [-0.1, -0.05) is 25.1 Å². The normalized spacial score (nSPS) is 19.1. The Labute approximate surface area is 173 Å². The molecule has 0 bridgehead atoms. The Morgan fingerprint density at radius 1 is 0.931 bits per heavy atom. The number of aromatic amines is 1. The number of nitrogens with one attached hydrogen (secondary N) is 1. The maximum absolute atomic E-state index is 12.8. The van der Waals surface area contributed by atoms with Crippen LogP contribution < -0.4 is 0 Å². The number of para-hydroxylation sites is 1. The number of amides is 2. The standard InChI is InChI=1S/C24H33N3O2/c1-2-5-23(28)26-12-8-18(9-13-26)19-10-14-27(15-11-19)24(29)16-20-17-25-22-7-4-3-6-21(20)22/h3-4,6-7,17-19,25H,2,5,8-16H2,1H3. The van der Waals surface area contributed by atoms with E-state index in [1.807, 2.05) is 18.3 Å². The second-order valence-electron chi connectivity index (χ2n) is 8.72. The zero-order valence-electron chi connectivity index (χ0n) is 17.5. The molecule has 0 unspecified atom stereocenters. The number of fused-ring (bicyclic) bond motifs is 1. The number of piperidine rings is 2. The summed E-state index contributed by atoms with van der Waals surface area (Å²) in [6.45, 7) is 5.66. The van der Waals surface area contributed by atoms with Crippen LogP contribution in [0.3, 0.4) is 0 Å². The minimum Gasteiger partial charge on any atom is -0.361 e. The predicted octanol–water partition coefficient (Wildman–Crippen LogP) is 3.99. The van der Waals surface area contributed by atoms with E-state index in [4.69, 9.17) is 0 Å². The lowest BCUT2D eigenvalue weighted by atomic mass is 9.78. The molecular weight excluding hydrogens is 362 g/mol. The quantitative estimate of drug-likeness (QED) is 0.832. The van der Waals surface area contributed by atoms with Crippen LogP contribution in [0.2, 0.25) is 0 Å². The largest absolute Gasteiger partial charge is 0.361 e. The fraction of sp³-hybridized carbons (Fsp3) is 0.583. The smallest absolute Gasteiger partial charge is 0.227 e. The van der Waals surface area contributed by atoms with Gasteiger partial charge in [-0.15, -0.1) is 0 Å². The number of rotatable bonds is 5. The summed E-state index contributed by atoms with van der Waals surface area (Å²) in [5.41, 5.74) is 2.19. The van der Waals surface area contributed by atoms with Crippen LogP contribution in [0.5, 0.6) is 0 Å². The number of carbonyl (C=O) groups excluding carboxylic acids is 2. The van der Waals surface area contributed by atoms with Gasteiger partial charge in [-0.05, 0) is 55.6 Å². The monoisotopic (exact) mass is 395 g/mol. The van der Waals surface area contributed by atoms with Gasteiger partial charge in [-0.2, -0.15) is 0 Å². The number of likely N-dealkylation sites (tertiary alicyclic amines) is 2. The van der Waals surface area contributed by atoms with Gasteiger partial charge < -0.3 is 14.8 Å². The number of carbonyl (C=O) groups is 2. The summed E-state index contributed by atoms with van der Waals surface area (Å²) in [6.07, 6.45) is 8.54. The molecule has 156 valence electrons. The van der Waals surface area contributed by atoms with Crippen LogP contribution in [-0.2, 0) is 16.0 Å². The second-order valence-corrected chi connectivity index (χ2v) is 8.72. The third kappa shape index (κ3) is 4.49. The maximum atomic E-state index is 12.8. The Morgan fingerprint density at radius 2 is 1.52 bits per heavy atom. The van der Waals surface area contributed by atoms with E-state index in [0.29, 0.717) is 30.6 Å². The first kappa shape index (κ1) is 20.0. The Bertz CT molecular complexity index is 843. The summed E-state index contributed by atoms with van der Waals surface area (Å²) >= 11 is 0. The van der Waals surface area contributed by atoms with Crippen molar-refractivity contribution in [2.24, 2.45) is 11.8 Å². The molecule has 2 aliphatic rings. The number of H-pyrrole nitrogens is 1. The molecule has 1 aromatic heterocycles. The molecule has 0 aliphatic carbocycles. The van der Waals surface area contributed by atoms with Gasteiger partial charge in [0, 0.05) is 49.7 Å². The molecule has 0 radical (unpaired) electrons. The Balaban J connectivity index is 1.25. The molecule has 5 nitrogen and oxygen atoms in total. The molecule has 0 spiro atoms. The van der Waals surface area contributed by atoms with Gasteiger partial charge in [-0.25, -0.2) is 0 Å². The molecule has 1 aromatic carbocycles. The van der Waals surface area contributed by atoms with Crippen molar-refractivity contribution in [2.75, 3.05) is 26.2 Å². The van der Waals surface area contributed by atoms with Crippen LogP contribution in [0, 0.1) is 11.8 Å². The van der Waals surface area contributed by atoms with Crippen molar-refractivity contribution < 1.29 is 9.59 Å². The highest BCUT2D eigenvalue weighted by Crippen LogP contribution is 2.33. The molecule has 2 fully saturated rings. The maximum Gasteiger partial charge on any atom is 0.227 e. The fourth-order valence-electron chi connectivity index (χ4n) is 5.17. The molecule has 1 N–H and O–H groups in total. The number of hydrogen-bond acceptors (Lipinski definition) is 2. The highest BCUT2D eigenvalue weighted by atomic mass is 16.2. The van der Waals surface area contributed by atoms with E-state index in [2.05, 4.69) is 33.8 Å². The van der Waals surface area contributed by atoms with Gasteiger partial charge in [0.05, 0.1) is 6.42 Å². The lowest BCUT2D eigenvalue weighted by Crippen LogP contribution is -2.44. The minimum atomic E-state index is 0.244. The van der Waals surface area contributed by atoms with Gasteiger partial charge in [0.2, 0.25) is 11.8 Å². The van der Waals surface area contributed by atoms with Crippen LogP contribution >= 0.6 is 0 Å². The number of aromatic nitrogens is 1. The second kappa shape index (κ2) is 9.02. The Hall–Kier alpha value is -2.30. The molecule has 3 heterocycles. The van der Waals surface area contributed by atoms with Crippen molar-refractivity contribution >= 4 is 22.7 Å². The van der Waals surface area contributed by atoms with Crippen molar-refractivity contribution in [3.05, 3.63) is 36.0 Å². The van der Waals surface area contributed by atoms with Crippen LogP contribution in [0.15, 0.2) is 30.5 Å². The van der Waals surface area contributed by atoms with Gasteiger partial charge in [0.25, 0.3) is 0 Å². The highest BCUT2D eigenvalue weighted by molar-refractivity contribution is 5.88. The molecule has 29 heavy (non-hydrogen) atoms. The topological polar surface area (TPSA) is 56.4 Å². The van der Waals surface area contributed by atoms with E-state index >= 15 is 0 Å². The molecule has 5 heteroatoms. The van der Waals surface area contributed by atoms with Crippen molar-refractivity contribution in [2.45, 2.75) is 51.9 Å². The fourth-order valence-corrected chi connectivity index (χ4v) is 5.17. The lowest BCUT2D eigenvalue weighted by molar-refractivity contribution is -0.134. The SMILES string of the molecule is CCCC(=O)N1CCC(C2CCN(C(=O)Cc3c[nH]c4ccccc34)CC2)CC1. The molecule has 0 saturated carbocycles. The summed E-state index contributed by atoms with van der Waals surface area (Å²) in [4.78, 5) is 32.3. The molecule has 2 amide bonds. The molecule has 2 saturated heterocycles. The zero-order chi connectivity index (χ0) is 20.2. The summed E-state index contributed by atoms with van der Waals surface area (Å²) < 4.78 is 0. The van der Waals surface area contributed by atoms with Crippen molar-refractivity contribution in [3.63, 3.8) is 0 Å². The van der Waals surface area contributed by atoms with Gasteiger partial charge in [-0.3, -0.25) is 9.59 Å². The van der Waals surface area contributed by atoms with Gasteiger partial charge >= 0.3 is 0 Å². The third-order valence-corrected chi connectivity index (χ3v) is 6.93. The van der Waals surface area contributed by atoms with Crippen LogP contribution in [0.25, 0.3) is 10.9 Å². The third-order valence-electron chi connectivity index (χ3n) is 6.93. The summed E-state index contributed by atoms with van der Waals surface area (Å²) in [6, 6.07) is 8.17. The van der Waals surface area contributed by atoms with E-state index in [-0.39, 0.29) is 5.91 Å². The molecule has 2 aliphatic heterocycles. The predicted molar refractivity (Wildman–Crippen MR) is 116 cm³/mol. The molecule has 2 aromatic rings. The average Bonchev–Trinajstić information content (AvgIpc) is 3.17. The number of benzene rings is 1. The first-order chi connectivity index (χ1) is 14.2. The van der Waals surface area contributed by atoms with Crippen molar-refractivity contribution in [3.8, 4) is 0 Å². The molecule has 0 atom stereocenters. The van der Waals surface area contributed by atoms with E-state index in [0.717, 1.165) is 74.7 Å². The van der Waals surface area contributed by atoms with Crippen molar-refractivity contribution in [1.29, 1.82) is 0 Å². The summed E-state index contributed by atoms with van der Waals surface area (Å²) in [5, 5.41) is 1.15. The van der Waals surface area contributed by atoms with Gasteiger partial charge in [0.15, 0.2) is 0 Å². The van der Waals surface area contributed by atoms with Crippen LogP contribution in [0.4, 0.5) is 0 Å². The van der Waals surface area contributed by atoms with Crippen LogP contribution in [-0.4, -0.2) is 52.8 Å². The lowest BCUT2D eigenvalue weighted by Gasteiger charge is -2.40. The zero-order valence-corrected chi connectivity index (χ0v) is 17.5. The van der Waals surface area contributed by atoms with Gasteiger partial charge in [0.1, 0.15) is 0 Å². The summed E-state index contributed by atoms with van der Waals surface area (Å²) in [7, 11) is 0. The Morgan fingerprint density at radius 3 is 2.14 bits per heavy atom. The number of nitrogens with zero attached hydrogens (tertiary/aromatic N) is 2. The highest BCUT2D eigenvalue weighted by Gasteiger charge is 2.31. The van der Waals surface area contributed by atoms with Crippen LogP contribution in [0.1, 0.15) is 51.0 Å². The van der Waals surface area contributed by atoms with E-state index in [9.17, 15) is 9.59 Å². The summed E-state index contributed by atoms with van der Waals surface area (Å²) in [5.74, 6) is 1.99.